The van der Waals surface area contributed by atoms with E-state index in [4.69, 9.17) is 4.74 Å². The van der Waals surface area contributed by atoms with Gasteiger partial charge in [-0.3, -0.25) is 0 Å². The lowest BCUT2D eigenvalue weighted by Gasteiger charge is -2.19. The molecule has 2 rings (SSSR count). The zero-order chi connectivity index (χ0) is 21.3. The van der Waals surface area contributed by atoms with Gasteiger partial charge in [-0.1, -0.05) is 45.1 Å². The quantitative estimate of drug-likeness (QED) is 0.440. The smallest absolute Gasteiger partial charge is 0.120 e. The highest BCUT2D eigenvalue weighted by Gasteiger charge is 2.17. The van der Waals surface area contributed by atoms with Gasteiger partial charge in [-0.15, -0.1) is 11.3 Å². The fourth-order valence-electron chi connectivity index (χ4n) is 2.98. The molecule has 0 amide bonds. The molecule has 158 valence electrons. The first-order valence-corrected chi connectivity index (χ1v) is 11.0. The highest BCUT2D eigenvalue weighted by molar-refractivity contribution is 7.11. The van der Waals surface area contributed by atoms with Crippen LogP contribution in [0, 0.1) is 0 Å². The second-order valence-corrected chi connectivity index (χ2v) is 7.98. The molecule has 2 aromatic rings. The average molecular weight is 417 g/mol. The van der Waals surface area contributed by atoms with Crippen molar-refractivity contribution < 1.29 is 20.1 Å². The maximum Gasteiger partial charge on any atom is 0.120 e. The molecule has 1 heterocycles. The van der Waals surface area contributed by atoms with E-state index in [-0.39, 0.29) is 13.2 Å². The van der Waals surface area contributed by atoms with Gasteiger partial charge in [-0.05, 0) is 59.5 Å². The van der Waals surface area contributed by atoms with Crippen LogP contribution < -0.4 is 4.74 Å². The Balaban J connectivity index is 2.05. The minimum atomic E-state index is -0.733. The molecule has 0 saturated carbocycles. The first-order chi connectivity index (χ1) is 14.0. The van der Waals surface area contributed by atoms with Crippen LogP contribution in [0.1, 0.15) is 61.6 Å². The summed E-state index contributed by atoms with van der Waals surface area (Å²) >= 11 is 1.68. The molecular weight excluding hydrogens is 384 g/mol. The Morgan fingerprint density at radius 3 is 2.41 bits per heavy atom. The molecule has 0 spiro atoms. The number of rotatable bonds is 11. The predicted molar refractivity (Wildman–Crippen MR) is 120 cm³/mol. The van der Waals surface area contributed by atoms with Crippen molar-refractivity contribution in [2.75, 3.05) is 0 Å². The van der Waals surface area contributed by atoms with Gasteiger partial charge in [0.2, 0.25) is 0 Å². The zero-order valence-electron chi connectivity index (χ0n) is 17.5. The molecule has 0 radical (unpaired) electrons. The van der Waals surface area contributed by atoms with Gasteiger partial charge in [0.05, 0.1) is 18.8 Å². The number of hydrogen-bond donors (Lipinski definition) is 3. The van der Waals surface area contributed by atoms with E-state index in [1.807, 2.05) is 32.1 Å². The first kappa shape index (κ1) is 23.4. The van der Waals surface area contributed by atoms with E-state index in [9.17, 15) is 15.3 Å². The lowest BCUT2D eigenvalue weighted by atomic mass is 9.97. The first-order valence-electron chi connectivity index (χ1n) is 10.1. The van der Waals surface area contributed by atoms with Crippen LogP contribution in [0.5, 0.6) is 5.75 Å². The van der Waals surface area contributed by atoms with E-state index in [2.05, 4.69) is 24.4 Å². The van der Waals surface area contributed by atoms with Gasteiger partial charge in [0.1, 0.15) is 12.4 Å². The van der Waals surface area contributed by atoms with E-state index >= 15 is 0 Å². The number of ether oxygens (including phenoxy) is 1. The summed E-state index contributed by atoms with van der Waals surface area (Å²) in [6, 6.07) is 7.49. The number of allylic oxidation sites excluding steroid dienone is 3. The van der Waals surface area contributed by atoms with Crippen molar-refractivity contribution in [3.05, 3.63) is 69.4 Å². The SMILES string of the molecule is CC/C(=C/C=C/C(O)(CC)CC)c1cc(COc2ccc(CO)c(CO)c2)cs1. The van der Waals surface area contributed by atoms with E-state index < -0.39 is 5.60 Å². The van der Waals surface area contributed by atoms with Crippen LogP contribution in [0.15, 0.2) is 47.9 Å². The maximum absolute atomic E-state index is 10.4. The van der Waals surface area contributed by atoms with Crippen molar-refractivity contribution in [2.24, 2.45) is 0 Å². The van der Waals surface area contributed by atoms with Crippen molar-refractivity contribution in [3.63, 3.8) is 0 Å². The van der Waals surface area contributed by atoms with Crippen molar-refractivity contribution in [1.82, 2.24) is 0 Å². The Kier molecular flexibility index (Phi) is 9.11. The van der Waals surface area contributed by atoms with Crippen LogP contribution in [0.25, 0.3) is 5.57 Å². The van der Waals surface area contributed by atoms with Gasteiger partial charge in [-0.25, -0.2) is 0 Å². The zero-order valence-corrected chi connectivity index (χ0v) is 18.3. The second kappa shape index (κ2) is 11.3. The van der Waals surface area contributed by atoms with Crippen LogP contribution in [-0.2, 0) is 19.8 Å². The molecule has 29 heavy (non-hydrogen) atoms. The number of aliphatic hydroxyl groups is 3. The normalized spacial score (nSPS) is 12.7. The number of benzene rings is 1. The van der Waals surface area contributed by atoms with Crippen LogP contribution in [0.4, 0.5) is 0 Å². The molecule has 0 bridgehead atoms. The Morgan fingerprint density at radius 1 is 1.07 bits per heavy atom. The van der Waals surface area contributed by atoms with Crippen molar-refractivity contribution >= 4 is 16.9 Å². The number of thiophene rings is 1. The minimum Gasteiger partial charge on any atom is -0.489 e. The summed E-state index contributed by atoms with van der Waals surface area (Å²) in [5, 5.41) is 31.2. The molecule has 1 aromatic carbocycles. The fraction of sp³-hybridized carbons (Fsp3) is 0.417. The summed E-state index contributed by atoms with van der Waals surface area (Å²) < 4.78 is 5.86. The third kappa shape index (κ3) is 6.54. The van der Waals surface area contributed by atoms with E-state index in [1.54, 1.807) is 23.5 Å². The summed E-state index contributed by atoms with van der Waals surface area (Å²) in [4.78, 5) is 1.19. The van der Waals surface area contributed by atoms with Crippen molar-refractivity contribution in [2.45, 2.75) is 65.5 Å². The lowest BCUT2D eigenvalue weighted by molar-refractivity contribution is 0.0828. The molecule has 0 unspecified atom stereocenters. The standard InChI is InChI=1S/C24H32O4S/c1-4-19(8-7-11-24(27,5-2)6-3)23-12-18(17-29-23)16-28-22-10-9-20(14-25)21(13-22)15-26/h7-13,17,25-27H,4-6,14-16H2,1-3H3/b11-7+,19-8-. The van der Waals surface area contributed by atoms with Crippen LogP contribution in [0.3, 0.4) is 0 Å². The van der Waals surface area contributed by atoms with Crippen LogP contribution in [0.2, 0.25) is 0 Å². The summed E-state index contributed by atoms with van der Waals surface area (Å²) in [6.45, 7) is 6.33. The lowest BCUT2D eigenvalue weighted by Crippen LogP contribution is -2.22. The highest BCUT2D eigenvalue weighted by Crippen LogP contribution is 2.27. The van der Waals surface area contributed by atoms with Gasteiger partial charge in [0.25, 0.3) is 0 Å². The molecule has 3 N–H and O–H groups in total. The van der Waals surface area contributed by atoms with E-state index in [0.717, 1.165) is 12.0 Å². The van der Waals surface area contributed by atoms with Crippen molar-refractivity contribution in [3.8, 4) is 5.75 Å². The van der Waals surface area contributed by atoms with Crippen LogP contribution >= 0.6 is 11.3 Å². The fourth-order valence-corrected chi connectivity index (χ4v) is 3.98. The third-order valence-electron chi connectivity index (χ3n) is 5.20. The molecule has 5 heteroatoms. The largest absolute Gasteiger partial charge is 0.489 e. The topological polar surface area (TPSA) is 69.9 Å². The Bertz CT molecular complexity index is 831. The summed E-state index contributed by atoms with van der Waals surface area (Å²) in [5.74, 6) is 0.673. The Labute approximate surface area is 177 Å². The molecule has 0 fully saturated rings. The predicted octanol–water partition coefficient (Wildman–Crippen LogP) is 5.21. The molecule has 0 atom stereocenters. The van der Waals surface area contributed by atoms with Gasteiger partial charge in [0, 0.05) is 10.4 Å². The average Bonchev–Trinajstić information content (AvgIpc) is 3.23. The van der Waals surface area contributed by atoms with Gasteiger partial charge < -0.3 is 20.1 Å². The maximum atomic E-state index is 10.4. The minimum absolute atomic E-state index is 0.0987. The Morgan fingerprint density at radius 2 is 1.79 bits per heavy atom. The van der Waals surface area contributed by atoms with Crippen molar-refractivity contribution in [1.29, 1.82) is 0 Å². The molecule has 1 aromatic heterocycles. The van der Waals surface area contributed by atoms with Crippen LogP contribution in [-0.4, -0.2) is 20.9 Å². The Hall–Kier alpha value is -1.92. The number of hydrogen-bond acceptors (Lipinski definition) is 5. The molecule has 0 aliphatic carbocycles. The summed E-state index contributed by atoms with van der Waals surface area (Å²) in [5.41, 5.74) is 2.97. The van der Waals surface area contributed by atoms with E-state index in [1.165, 1.54) is 10.5 Å². The van der Waals surface area contributed by atoms with Gasteiger partial charge >= 0.3 is 0 Å². The third-order valence-corrected chi connectivity index (χ3v) is 6.26. The molecule has 4 nitrogen and oxygen atoms in total. The highest BCUT2D eigenvalue weighted by atomic mass is 32.1. The second-order valence-electron chi connectivity index (χ2n) is 7.07. The molecule has 0 saturated heterocycles. The number of aliphatic hydroxyl groups excluding tert-OH is 2. The van der Waals surface area contributed by atoms with Gasteiger partial charge in [-0.2, -0.15) is 0 Å². The van der Waals surface area contributed by atoms with E-state index in [0.29, 0.717) is 36.3 Å². The summed E-state index contributed by atoms with van der Waals surface area (Å²) in [6.07, 6.45) is 8.23. The summed E-state index contributed by atoms with van der Waals surface area (Å²) in [7, 11) is 0. The monoisotopic (exact) mass is 416 g/mol. The molecular formula is C24H32O4S. The van der Waals surface area contributed by atoms with Gasteiger partial charge in [0.15, 0.2) is 0 Å². The molecule has 0 aliphatic rings. The molecule has 0 aliphatic heterocycles.